The molecule has 0 aliphatic carbocycles. The lowest BCUT2D eigenvalue weighted by molar-refractivity contribution is -0.118. The Labute approximate surface area is 185 Å². The summed E-state index contributed by atoms with van der Waals surface area (Å²) in [7, 11) is 3.00. The first-order chi connectivity index (χ1) is 15.3. The third kappa shape index (κ3) is 5.17. The van der Waals surface area contributed by atoms with Gasteiger partial charge in [-0.3, -0.25) is 9.59 Å². The molecule has 32 heavy (non-hydrogen) atoms. The van der Waals surface area contributed by atoms with E-state index in [0.717, 1.165) is 5.56 Å². The highest BCUT2D eigenvalue weighted by atomic mass is 19.1. The molecule has 3 rings (SSSR count). The highest BCUT2D eigenvalue weighted by molar-refractivity contribution is 5.99. The van der Waals surface area contributed by atoms with E-state index in [9.17, 15) is 18.4 Å². The molecule has 3 aromatic rings. The lowest BCUT2D eigenvalue weighted by Gasteiger charge is -2.18. The molecule has 1 amide bonds. The van der Waals surface area contributed by atoms with Crippen LogP contribution in [0.4, 0.5) is 14.5 Å². The number of ether oxygens (including phenoxy) is 1. The van der Waals surface area contributed by atoms with Crippen molar-refractivity contribution in [3.63, 3.8) is 0 Å². The molecular weight excluding hydrogens is 414 g/mol. The van der Waals surface area contributed by atoms with Crippen LogP contribution in [0.15, 0.2) is 54.7 Å². The quantitative estimate of drug-likeness (QED) is 0.357. The number of nitrogens with zero attached hydrogens (tertiary/aromatic N) is 2. The van der Waals surface area contributed by atoms with E-state index in [1.807, 2.05) is 0 Å². The summed E-state index contributed by atoms with van der Waals surface area (Å²) in [6.07, 6.45) is 2.33. The number of carbonyl (C=O) groups excluding carboxylic acids is 2. The Kier molecular flexibility index (Phi) is 7.30. The second kappa shape index (κ2) is 10.1. The number of aryl methyl sites for hydroxylation is 1. The summed E-state index contributed by atoms with van der Waals surface area (Å²) >= 11 is 0. The van der Waals surface area contributed by atoms with Crippen molar-refractivity contribution in [1.82, 2.24) is 4.98 Å². The van der Waals surface area contributed by atoms with Gasteiger partial charge >= 0.3 is 0 Å². The number of hydrogen-bond acceptors (Lipinski definition) is 4. The molecule has 1 aromatic heterocycles. The van der Waals surface area contributed by atoms with Crippen molar-refractivity contribution in [2.24, 2.45) is 0 Å². The average Bonchev–Trinajstić information content (AvgIpc) is 2.82. The second-order valence-corrected chi connectivity index (χ2v) is 7.30. The van der Waals surface area contributed by atoms with Crippen molar-refractivity contribution in [2.75, 3.05) is 19.1 Å². The largest absolute Gasteiger partial charge is 0.496 e. The number of carbonyl (C=O) groups is 2. The van der Waals surface area contributed by atoms with Gasteiger partial charge in [-0.15, -0.1) is 0 Å². The summed E-state index contributed by atoms with van der Waals surface area (Å²) < 4.78 is 33.0. The van der Waals surface area contributed by atoms with Gasteiger partial charge < -0.3 is 9.64 Å². The van der Waals surface area contributed by atoms with E-state index in [4.69, 9.17) is 4.74 Å². The van der Waals surface area contributed by atoms with E-state index in [1.165, 1.54) is 37.4 Å². The number of pyridine rings is 1. The van der Waals surface area contributed by atoms with Gasteiger partial charge in [-0.05, 0) is 53.4 Å². The summed E-state index contributed by atoms with van der Waals surface area (Å²) in [5.74, 6) is -1.01. The van der Waals surface area contributed by atoms with Gasteiger partial charge in [-0.1, -0.05) is 25.1 Å². The lowest BCUT2D eigenvalue weighted by Crippen LogP contribution is -2.25. The minimum atomic E-state index is -0.564. The number of methoxy groups -OCH3 is 1. The smallest absolute Gasteiger partial charge is 0.226 e. The van der Waals surface area contributed by atoms with Crippen LogP contribution in [0.5, 0.6) is 5.75 Å². The Hall–Kier alpha value is -3.61. The Morgan fingerprint density at radius 1 is 1.03 bits per heavy atom. The molecule has 166 valence electrons. The maximum Gasteiger partial charge on any atom is 0.226 e. The zero-order valence-electron chi connectivity index (χ0n) is 18.2. The molecule has 0 atom stereocenters. The molecule has 0 spiro atoms. The summed E-state index contributed by atoms with van der Waals surface area (Å²) in [4.78, 5) is 29.4. The number of ketones is 1. The van der Waals surface area contributed by atoms with Crippen LogP contribution in [0.2, 0.25) is 0 Å². The molecule has 0 saturated carbocycles. The predicted octanol–water partition coefficient (Wildman–Crippen LogP) is 5.22. The monoisotopic (exact) mass is 438 g/mol. The third-order valence-electron chi connectivity index (χ3n) is 5.25. The first-order valence-electron chi connectivity index (χ1n) is 10.2. The van der Waals surface area contributed by atoms with E-state index in [2.05, 4.69) is 4.98 Å². The van der Waals surface area contributed by atoms with Crippen LogP contribution in [0, 0.1) is 11.8 Å². The second-order valence-electron chi connectivity index (χ2n) is 7.30. The van der Waals surface area contributed by atoms with Crippen LogP contribution in [0.1, 0.15) is 35.7 Å². The average molecular weight is 438 g/mol. The predicted molar refractivity (Wildman–Crippen MR) is 119 cm³/mol. The minimum absolute atomic E-state index is 0.126. The first-order valence-corrected chi connectivity index (χ1v) is 10.2. The highest BCUT2D eigenvalue weighted by Crippen LogP contribution is 2.31. The van der Waals surface area contributed by atoms with Crippen LogP contribution >= 0.6 is 0 Å². The Bertz CT molecular complexity index is 1130. The van der Waals surface area contributed by atoms with E-state index < -0.39 is 11.8 Å². The molecular formula is C25H24F2N2O3. The molecule has 5 nitrogen and oxygen atoms in total. The number of hydrogen-bond donors (Lipinski definition) is 0. The number of aromatic nitrogens is 1. The van der Waals surface area contributed by atoms with Gasteiger partial charge in [0.05, 0.1) is 18.4 Å². The van der Waals surface area contributed by atoms with E-state index in [0.29, 0.717) is 28.9 Å². The summed E-state index contributed by atoms with van der Waals surface area (Å²) in [6, 6.07) is 12.5. The molecule has 0 fully saturated rings. The molecule has 2 aromatic carbocycles. The lowest BCUT2D eigenvalue weighted by atomic mass is 9.98. The van der Waals surface area contributed by atoms with E-state index in [1.54, 1.807) is 43.3 Å². The molecule has 0 aliphatic rings. The fourth-order valence-electron chi connectivity index (χ4n) is 3.38. The van der Waals surface area contributed by atoms with Crippen LogP contribution in [-0.2, 0) is 11.2 Å². The fraction of sp³-hybridized carbons (Fsp3) is 0.240. The molecule has 1 heterocycles. The molecule has 0 aliphatic heterocycles. The number of Topliss-reactive ketones (excluding diaryl/α,β-unsaturated/α-hetero) is 1. The minimum Gasteiger partial charge on any atom is -0.496 e. The fourth-order valence-corrected chi connectivity index (χ4v) is 3.38. The first kappa shape index (κ1) is 23.1. The van der Waals surface area contributed by atoms with Gasteiger partial charge in [0, 0.05) is 26.1 Å². The highest BCUT2D eigenvalue weighted by Gasteiger charge is 2.17. The number of rotatable bonds is 8. The standard InChI is InChI=1S/C25H24F2N2O3/c1-4-25(31)29(2)21-10-8-17(13-20(21)26)18-7-9-19(23(14-18)32-3)22(30)11-5-16-6-12-24(27)28-15-16/h6-10,12-15H,4-5,11H2,1-3H3. The van der Waals surface area contributed by atoms with Gasteiger partial charge in [0.2, 0.25) is 11.9 Å². The van der Waals surface area contributed by atoms with Crippen molar-refractivity contribution >= 4 is 17.4 Å². The van der Waals surface area contributed by atoms with E-state index >= 15 is 0 Å². The molecule has 0 bridgehead atoms. The molecule has 0 unspecified atom stereocenters. The van der Waals surface area contributed by atoms with Gasteiger partial charge in [0.1, 0.15) is 11.6 Å². The molecule has 7 heteroatoms. The van der Waals surface area contributed by atoms with E-state index in [-0.39, 0.29) is 30.2 Å². The van der Waals surface area contributed by atoms with Crippen LogP contribution in [0.25, 0.3) is 11.1 Å². The van der Waals surface area contributed by atoms with Crippen molar-refractivity contribution < 1.29 is 23.1 Å². The topological polar surface area (TPSA) is 59.5 Å². The molecule has 0 N–H and O–H groups in total. The normalized spacial score (nSPS) is 10.7. The third-order valence-corrected chi connectivity index (χ3v) is 5.25. The molecule has 0 saturated heterocycles. The van der Waals surface area contributed by atoms with Crippen LogP contribution < -0.4 is 9.64 Å². The van der Waals surface area contributed by atoms with Crippen LogP contribution in [0.3, 0.4) is 0 Å². The summed E-state index contributed by atoms with van der Waals surface area (Å²) in [5, 5.41) is 0. The number of anilines is 1. The van der Waals surface area contributed by atoms with Crippen molar-refractivity contribution in [3.05, 3.63) is 77.6 Å². The maximum atomic E-state index is 14.7. The number of halogens is 2. The summed E-state index contributed by atoms with van der Waals surface area (Å²) in [5.41, 5.74) is 2.65. The maximum absolute atomic E-state index is 14.7. The van der Waals surface area contributed by atoms with Crippen molar-refractivity contribution in [1.29, 1.82) is 0 Å². The van der Waals surface area contributed by atoms with Gasteiger partial charge in [-0.25, -0.2) is 9.37 Å². The molecule has 0 radical (unpaired) electrons. The number of amides is 1. The summed E-state index contributed by atoms with van der Waals surface area (Å²) in [6.45, 7) is 1.72. The van der Waals surface area contributed by atoms with Gasteiger partial charge in [0.25, 0.3) is 0 Å². The number of benzene rings is 2. The Morgan fingerprint density at radius 3 is 2.38 bits per heavy atom. The van der Waals surface area contributed by atoms with Gasteiger partial charge in [-0.2, -0.15) is 4.39 Å². The Balaban J connectivity index is 1.80. The van der Waals surface area contributed by atoms with Gasteiger partial charge in [0.15, 0.2) is 5.78 Å². The zero-order chi connectivity index (χ0) is 23.3. The van der Waals surface area contributed by atoms with Crippen molar-refractivity contribution in [3.8, 4) is 16.9 Å². The zero-order valence-corrected chi connectivity index (χ0v) is 18.2. The van der Waals surface area contributed by atoms with Crippen molar-refractivity contribution in [2.45, 2.75) is 26.2 Å². The SMILES string of the molecule is CCC(=O)N(C)c1ccc(-c2ccc(C(=O)CCc3ccc(F)nc3)c(OC)c2)cc1F. The van der Waals surface area contributed by atoms with Crippen LogP contribution in [-0.4, -0.2) is 30.8 Å². The Morgan fingerprint density at radius 2 is 1.75 bits per heavy atom.